The lowest BCUT2D eigenvalue weighted by Crippen LogP contribution is -2.06. The number of methoxy groups -OCH3 is 1. The molecule has 0 fully saturated rings. The lowest BCUT2D eigenvalue weighted by molar-refractivity contribution is 0.177. The number of nitrogens with zero attached hydrogens (tertiary/aromatic N) is 1. The van der Waals surface area contributed by atoms with Crippen LogP contribution in [0.4, 0.5) is 0 Å². The number of benzene rings is 1. The van der Waals surface area contributed by atoms with Gasteiger partial charge in [-0.15, -0.1) is 0 Å². The fourth-order valence-electron chi connectivity index (χ4n) is 2.41. The summed E-state index contributed by atoms with van der Waals surface area (Å²) in [6.07, 6.45) is 0. The molecule has 0 radical (unpaired) electrons. The van der Waals surface area contributed by atoms with Gasteiger partial charge in [0.05, 0.1) is 6.61 Å². The summed E-state index contributed by atoms with van der Waals surface area (Å²) < 4.78 is 7.59. The summed E-state index contributed by atoms with van der Waals surface area (Å²) in [6, 6.07) is 8.92. The van der Waals surface area contributed by atoms with E-state index in [2.05, 4.69) is 42.7 Å². The quantitative estimate of drug-likeness (QED) is 0.880. The molecular weight excluding hydrogens is 212 g/mol. The second-order valence-electron chi connectivity index (χ2n) is 4.59. The maximum Gasteiger partial charge on any atom is 0.0864 e. The molecule has 2 aromatic rings. The molecule has 0 aliphatic heterocycles. The Morgan fingerprint density at radius 2 is 2.12 bits per heavy atom. The topological polar surface area (TPSA) is 40.2 Å². The van der Waals surface area contributed by atoms with E-state index in [1.54, 1.807) is 7.11 Å². The number of fused-ring (bicyclic) bond motifs is 1. The molecule has 17 heavy (non-hydrogen) atoms. The molecule has 3 nitrogen and oxygen atoms in total. The van der Waals surface area contributed by atoms with Crippen LogP contribution in [0.2, 0.25) is 0 Å². The van der Waals surface area contributed by atoms with Crippen LogP contribution in [0, 0.1) is 0 Å². The number of hydrogen-bond donors (Lipinski definition) is 1. The van der Waals surface area contributed by atoms with E-state index in [0.29, 0.717) is 19.2 Å². The fourth-order valence-corrected chi connectivity index (χ4v) is 2.41. The van der Waals surface area contributed by atoms with Crippen LogP contribution in [0.25, 0.3) is 10.9 Å². The van der Waals surface area contributed by atoms with E-state index in [1.165, 1.54) is 22.2 Å². The fraction of sp³-hybridized carbons (Fsp3) is 0.429. The molecule has 1 aromatic heterocycles. The molecule has 0 amide bonds. The third kappa shape index (κ3) is 2.08. The maximum absolute atomic E-state index is 5.78. The van der Waals surface area contributed by atoms with Crippen molar-refractivity contribution in [1.29, 1.82) is 0 Å². The van der Waals surface area contributed by atoms with Gasteiger partial charge in [-0.3, -0.25) is 0 Å². The molecule has 0 unspecified atom stereocenters. The molecular formula is C14H20N2O. The molecule has 92 valence electrons. The number of rotatable bonds is 4. The van der Waals surface area contributed by atoms with Gasteiger partial charge < -0.3 is 15.0 Å². The van der Waals surface area contributed by atoms with Crippen molar-refractivity contribution in [2.75, 3.05) is 7.11 Å². The summed E-state index contributed by atoms with van der Waals surface area (Å²) in [5.74, 6) is 0. The summed E-state index contributed by atoms with van der Waals surface area (Å²) in [5, 5.41) is 1.25. The minimum Gasteiger partial charge on any atom is -0.378 e. The van der Waals surface area contributed by atoms with Crippen LogP contribution in [0.15, 0.2) is 24.3 Å². The average Bonchev–Trinajstić information content (AvgIpc) is 2.67. The molecule has 1 heterocycles. The molecule has 0 aliphatic carbocycles. The molecule has 0 atom stereocenters. The highest BCUT2D eigenvalue weighted by Gasteiger charge is 2.12. The number of nitrogens with two attached hydrogens (primary N) is 1. The van der Waals surface area contributed by atoms with E-state index in [1.807, 2.05) is 0 Å². The van der Waals surface area contributed by atoms with Gasteiger partial charge in [0.15, 0.2) is 0 Å². The van der Waals surface area contributed by atoms with Crippen LogP contribution < -0.4 is 5.73 Å². The zero-order chi connectivity index (χ0) is 12.4. The Kier molecular flexibility index (Phi) is 3.50. The highest BCUT2D eigenvalue weighted by Crippen LogP contribution is 2.27. The molecule has 2 N–H and O–H groups in total. The first-order valence-corrected chi connectivity index (χ1v) is 5.99. The average molecular weight is 232 g/mol. The molecule has 0 saturated carbocycles. The monoisotopic (exact) mass is 232 g/mol. The summed E-state index contributed by atoms with van der Waals surface area (Å²) in [6.45, 7) is 5.59. The van der Waals surface area contributed by atoms with Crippen LogP contribution in [-0.4, -0.2) is 11.7 Å². The van der Waals surface area contributed by atoms with Gasteiger partial charge in [0.2, 0.25) is 0 Å². The minimum absolute atomic E-state index is 0.422. The Hall–Kier alpha value is -1.32. The van der Waals surface area contributed by atoms with Crippen LogP contribution in [0.5, 0.6) is 0 Å². The first-order chi connectivity index (χ1) is 8.19. The van der Waals surface area contributed by atoms with Crippen LogP contribution in [-0.2, 0) is 17.9 Å². The van der Waals surface area contributed by atoms with Gasteiger partial charge in [-0.2, -0.15) is 0 Å². The Morgan fingerprint density at radius 3 is 2.71 bits per heavy atom. The van der Waals surface area contributed by atoms with Crippen LogP contribution in [0.3, 0.4) is 0 Å². The molecule has 2 rings (SSSR count). The van der Waals surface area contributed by atoms with Gasteiger partial charge in [-0.1, -0.05) is 12.1 Å². The van der Waals surface area contributed by atoms with E-state index in [9.17, 15) is 0 Å². The lowest BCUT2D eigenvalue weighted by atomic mass is 10.1. The maximum atomic E-state index is 5.78. The van der Waals surface area contributed by atoms with Crippen molar-refractivity contribution < 1.29 is 4.74 Å². The van der Waals surface area contributed by atoms with Crippen LogP contribution >= 0.6 is 0 Å². The van der Waals surface area contributed by atoms with Gasteiger partial charge in [-0.05, 0) is 31.5 Å². The van der Waals surface area contributed by atoms with Crippen molar-refractivity contribution in [1.82, 2.24) is 4.57 Å². The SMILES string of the molecule is COCc1cc2c(CN)cccc2n1C(C)C. The van der Waals surface area contributed by atoms with Crippen molar-refractivity contribution in [3.8, 4) is 0 Å². The minimum atomic E-state index is 0.422. The van der Waals surface area contributed by atoms with Crippen molar-refractivity contribution in [3.05, 3.63) is 35.5 Å². The van der Waals surface area contributed by atoms with Crippen LogP contribution in [0.1, 0.15) is 31.1 Å². The van der Waals surface area contributed by atoms with Gasteiger partial charge in [-0.25, -0.2) is 0 Å². The molecule has 0 bridgehead atoms. The number of hydrogen-bond acceptors (Lipinski definition) is 2. The normalized spacial score (nSPS) is 11.6. The second kappa shape index (κ2) is 4.90. The van der Waals surface area contributed by atoms with E-state index in [0.717, 1.165) is 0 Å². The van der Waals surface area contributed by atoms with E-state index < -0.39 is 0 Å². The Morgan fingerprint density at radius 1 is 1.35 bits per heavy atom. The first-order valence-electron chi connectivity index (χ1n) is 5.99. The summed E-state index contributed by atoms with van der Waals surface area (Å²) in [4.78, 5) is 0. The van der Waals surface area contributed by atoms with Gasteiger partial charge in [0.25, 0.3) is 0 Å². The number of aromatic nitrogens is 1. The first kappa shape index (κ1) is 12.1. The van der Waals surface area contributed by atoms with Gasteiger partial charge >= 0.3 is 0 Å². The number of ether oxygens (including phenoxy) is 1. The van der Waals surface area contributed by atoms with E-state index >= 15 is 0 Å². The molecule has 1 aromatic carbocycles. The zero-order valence-corrected chi connectivity index (χ0v) is 10.7. The molecule has 0 spiro atoms. The largest absolute Gasteiger partial charge is 0.378 e. The highest BCUT2D eigenvalue weighted by molar-refractivity contribution is 5.85. The molecule has 0 aliphatic rings. The third-order valence-corrected chi connectivity index (χ3v) is 3.08. The lowest BCUT2D eigenvalue weighted by Gasteiger charge is -2.14. The Balaban J connectivity index is 2.69. The summed E-state index contributed by atoms with van der Waals surface area (Å²) in [5.41, 5.74) is 9.43. The van der Waals surface area contributed by atoms with E-state index in [4.69, 9.17) is 10.5 Å². The standard InChI is InChI=1S/C14H20N2O/c1-10(2)16-12(9-17-3)7-13-11(8-15)5-4-6-14(13)16/h4-7,10H,8-9,15H2,1-3H3. The summed E-state index contributed by atoms with van der Waals surface area (Å²) >= 11 is 0. The van der Waals surface area contributed by atoms with Crippen molar-refractivity contribution in [3.63, 3.8) is 0 Å². The molecule has 0 saturated heterocycles. The van der Waals surface area contributed by atoms with E-state index in [-0.39, 0.29) is 0 Å². The van der Waals surface area contributed by atoms with Gasteiger partial charge in [0, 0.05) is 36.3 Å². The summed E-state index contributed by atoms with van der Waals surface area (Å²) in [7, 11) is 1.73. The predicted octanol–water partition coefficient (Wildman–Crippen LogP) is 2.83. The van der Waals surface area contributed by atoms with Gasteiger partial charge in [0.1, 0.15) is 0 Å². The molecule has 3 heteroatoms. The Labute approximate surface area is 102 Å². The second-order valence-corrected chi connectivity index (χ2v) is 4.59. The van der Waals surface area contributed by atoms with Crippen molar-refractivity contribution >= 4 is 10.9 Å². The Bertz CT molecular complexity index is 514. The van der Waals surface area contributed by atoms with Crippen molar-refractivity contribution in [2.24, 2.45) is 5.73 Å². The highest BCUT2D eigenvalue weighted by atomic mass is 16.5. The predicted molar refractivity (Wildman–Crippen MR) is 70.9 cm³/mol. The smallest absolute Gasteiger partial charge is 0.0864 e. The van der Waals surface area contributed by atoms with Crippen molar-refractivity contribution in [2.45, 2.75) is 33.0 Å². The third-order valence-electron chi connectivity index (χ3n) is 3.08. The zero-order valence-electron chi connectivity index (χ0n) is 10.7.